The standard InChI is InChI=1S/C27H30ClN5O6S/c1-3-39-26(35)30-24(16-40(37,38)23-7-5-18-12-20(28)6-4-19(18)13-23)25(34)31-10-8-21(9-11-31)32-15-22-14-29-17(2)33(22)27(32)36/h4-7,12-14,21,24H,3,8-11,15-16H2,1-2H3,(H,30,35)/t24-/m1/s1. The summed E-state index contributed by atoms with van der Waals surface area (Å²) in [5.41, 5.74) is 0.835. The number of likely N-dealkylation sites (tertiary alicyclic amines) is 1. The van der Waals surface area contributed by atoms with Crippen LogP contribution in [0.2, 0.25) is 5.02 Å². The molecular formula is C27H30ClN5O6S. The fourth-order valence-corrected chi connectivity index (χ4v) is 6.95. The Kier molecular flexibility index (Phi) is 7.74. The monoisotopic (exact) mass is 587 g/mol. The second-order valence-electron chi connectivity index (χ2n) is 9.95. The molecule has 2 aliphatic rings. The van der Waals surface area contributed by atoms with Gasteiger partial charge >= 0.3 is 12.1 Å². The first-order valence-electron chi connectivity index (χ1n) is 13.1. The number of aromatic nitrogens is 2. The van der Waals surface area contributed by atoms with E-state index in [0.717, 1.165) is 11.1 Å². The quantitative estimate of drug-likeness (QED) is 0.448. The van der Waals surface area contributed by atoms with Crippen molar-refractivity contribution in [2.24, 2.45) is 0 Å². The number of rotatable bonds is 7. The van der Waals surface area contributed by atoms with Crippen LogP contribution in [0.3, 0.4) is 0 Å². The van der Waals surface area contributed by atoms with Crippen molar-refractivity contribution in [3.05, 3.63) is 59.1 Å². The number of fused-ring (bicyclic) bond motifs is 2. The van der Waals surface area contributed by atoms with Gasteiger partial charge in [-0.05, 0) is 61.7 Å². The molecule has 1 saturated heterocycles. The van der Waals surface area contributed by atoms with E-state index in [0.29, 0.717) is 48.7 Å². The second kappa shape index (κ2) is 11.1. The molecule has 0 radical (unpaired) electrons. The van der Waals surface area contributed by atoms with Crippen LogP contribution in [0.4, 0.5) is 9.59 Å². The van der Waals surface area contributed by atoms with Crippen molar-refractivity contribution < 1.29 is 27.5 Å². The van der Waals surface area contributed by atoms with Crippen molar-refractivity contribution >= 4 is 50.2 Å². The average molecular weight is 588 g/mol. The minimum absolute atomic E-state index is 0.0331. The molecule has 3 heterocycles. The summed E-state index contributed by atoms with van der Waals surface area (Å²) >= 11 is 6.04. The fraction of sp³-hybridized carbons (Fsp3) is 0.407. The molecule has 2 aromatic carbocycles. The van der Waals surface area contributed by atoms with Crippen LogP contribution in [-0.2, 0) is 25.9 Å². The third-order valence-electron chi connectivity index (χ3n) is 7.38. The van der Waals surface area contributed by atoms with E-state index < -0.39 is 33.6 Å². The number of benzene rings is 2. The first-order valence-corrected chi connectivity index (χ1v) is 15.1. The maximum absolute atomic E-state index is 13.6. The van der Waals surface area contributed by atoms with Gasteiger partial charge in [-0.2, -0.15) is 0 Å². The zero-order chi connectivity index (χ0) is 28.6. The van der Waals surface area contributed by atoms with Gasteiger partial charge < -0.3 is 19.9 Å². The third-order valence-corrected chi connectivity index (χ3v) is 9.36. The lowest BCUT2D eigenvalue weighted by Gasteiger charge is -2.37. The smallest absolute Gasteiger partial charge is 0.407 e. The molecule has 212 valence electrons. The molecular weight excluding hydrogens is 558 g/mol. The van der Waals surface area contributed by atoms with Crippen LogP contribution in [0.15, 0.2) is 47.5 Å². The van der Waals surface area contributed by atoms with Gasteiger partial charge in [-0.25, -0.2) is 23.0 Å². The number of aryl methyl sites for hydroxylation is 1. The lowest BCUT2D eigenvalue weighted by Crippen LogP contribution is -2.55. The van der Waals surface area contributed by atoms with Crippen molar-refractivity contribution in [1.29, 1.82) is 0 Å². The summed E-state index contributed by atoms with van der Waals surface area (Å²) < 4.78 is 33.4. The Morgan fingerprint density at radius 1 is 1.15 bits per heavy atom. The van der Waals surface area contributed by atoms with Crippen molar-refractivity contribution in [2.75, 3.05) is 25.4 Å². The lowest BCUT2D eigenvalue weighted by atomic mass is 10.0. The van der Waals surface area contributed by atoms with Gasteiger partial charge in [-0.3, -0.25) is 9.36 Å². The molecule has 1 N–H and O–H groups in total. The maximum Gasteiger partial charge on any atom is 0.407 e. The first-order chi connectivity index (χ1) is 19.1. The number of amides is 3. The summed E-state index contributed by atoms with van der Waals surface area (Å²) in [4.78, 5) is 46.3. The Bertz CT molecular complexity index is 1580. The minimum Gasteiger partial charge on any atom is -0.450 e. The summed E-state index contributed by atoms with van der Waals surface area (Å²) in [6.07, 6.45) is 1.89. The van der Waals surface area contributed by atoms with Crippen molar-refractivity contribution in [3.63, 3.8) is 0 Å². The molecule has 3 amide bonds. The number of imidazole rings is 1. The molecule has 11 nitrogen and oxygen atoms in total. The molecule has 1 aromatic heterocycles. The molecule has 5 rings (SSSR count). The van der Waals surface area contributed by atoms with E-state index in [1.807, 2.05) is 0 Å². The highest BCUT2D eigenvalue weighted by atomic mass is 35.5. The number of halogens is 1. The Morgan fingerprint density at radius 2 is 1.85 bits per heavy atom. The normalized spacial score (nSPS) is 16.7. The summed E-state index contributed by atoms with van der Waals surface area (Å²) in [5.74, 6) is -0.503. The molecule has 0 saturated carbocycles. The Balaban J connectivity index is 1.29. The van der Waals surface area contributed by atoms with Crippen LogP contribution in [0.5, 0.6) is 0 Å². The fourth-order valence-electron chi connectivity index (χ4n) is 5.33. The van der Waals surface area contributed by atoms with E-state index in [-0.39, 0.29) is 23.6 Å². The molecule has 0 spiro atoms. The SMILES string of the molecule is CCOC(=O)N[C@H](CS(=O)(=O)c1ccc2cc(Cl)ccc2c1)C(=O)N1CCC(N2Cc3cnc(C)n3C2=O)CC1. The predicted octanol–water partition coefficient (Wildman–Crippen LogP) is 3.36. The highest BCUT2D eigenvalue weighted by molar-refractivity contribution is 7.91. The number of carbonyl (C=O) groups excluding carboxylic acids is 3. The summed E-state index contributed by atoms with van der Waals surface area (Å²) in [6, 6.07) is 8.24. The summed E-state index contributed by atoms with van der Waals surface area (Å²) in [6.45, 7) is 4.56. The number of nitrogens with one attached hydrogen (secondary N) is 1. The summed E-state index contributed by atoms with van der Waals surface area (Å²) in [5, 5.41) is 4.45. The van der Waals surface area contributed by atoms with Crippen LogP contribution in [0.25, 0.3) is 10.8 Å². The van der Waals surface area contributed by atoms with Gasteiger partial charge in [0.25, 0.3) is 0 Å². The molecule has 0 unspecified atom stereocenters. The molecule has 40 heavy (non-hydrogen) atoms. The Morgan fingerprint density at radius 3 is 2.55 bits per heavy atom. The third kappa shape index (κ3) is 5.50. The van der Waals surface area contributed by atoms with E-state index in [4.69, 9.17) is 16.3 Å². The highest BCUT2D eigenvalue weighted by Crippen LogP contribution is 2.27. The number of hydrogen-bond acceptors (Lipinski definition) is 7. The zero-order valence-electron chi connectivity index (χ0n) is 22.2. The van der Waals surface area contributed by atoms with Crippen LogP contribution >= 0.6 is 11.6 Å². The molecule has 1 fully saturated rings. The molecule has 2 aliphatic heterocycles. The number of carbonyl (C=O) groups is 3. The van der Waals surface area contributed by atoms with Crippen LogP contribution in [0.1, 0.15) is 31.3 Å². The second-order valence-corrected chi connectivity index (χ2v) is 12.4. The van der Waals surface area contributed by atoms with Crippen LogP contribution in [0, 0.1) is 6.92 Å². The number of alkyl carbamates (subject to hydrolysis) is 1. The molecule has 3 aromatic rings. The van der Waals surface area contributed by atoms with E-state index >= 15 is 0 Å². The average Bonchev–Trinajstić information content (AvgIpc) is 3.46. The van der Waals surface area contributed by atoms with Gasteiger partial charge in [0, 0.05) is 24.2 Å². The van der Waals surface area contributed by atoms with Crippen molar-refractivity contribution in [3.8, 4) is 0 Å². The predicted molar refractivity (Wildman–Crippen MR) is 148 cm³/mol. The molecule has 1 atom stereocenters. The molecule has 13 heteroatoms. The van der Waals surface area contributed by atoms with Crippen LogP contribution in [-0.4, -0.2) is 83.3 Å². The lowest BCUT2D eigenvalue weighted by molar-refractivity contribution is -0.134. The zero-order valence-corrected chi connectivity index (χ0v) is 23.7. The van der Waals surface area contributed by atoms with E-state index in [1.165, 1.54) is 12.1 Å². The van der Waals surface area contributed by atoms with Gasteiger partial charge in [-0.15, -0.1) is 0 Å². The van der Waals surface area contributed by atoms with Gasteiger partial charge in [0.2, 0.25) is 5.91 Å². The van der Waals surface area contributed by atoms with E-state index in [1.54, 1.807) is 58.7 Å². The molecule has 0 bridgehead atoms. The number of nitrogens with zero attached hydrogens (tertiary/aromatic N) is 4. The highest BCUT2D eigenvalue weighted by Gasteiger charge is 2.38. The van der Waals surface area contributed by atoms with Gasteiger partial charge in [0.15, 0.2) is 9.84 Å². The maximum atomic E-state index is 13.6. The van der Waals surface area contributed by atoms with Gasteiger partial charge in [0.05, 0.1) is 35.7 Å². The minimum atomic E-state index is -3.98. The first kappa shape index (κ1) is 27.9. The van der Waals surface area contributed by atoms with Gasteiger partial charge in [0.1, 0.15) is 11.9 Å². The Hall–Kier alpha value is -3.64. The van der Waals surface area contributed by atoms with Crippen molar-refractivity contribution in [1.82, 2.24) is 24.7 Å². The van der Waals surface area contributed by atoms with Crippen molar-refractivity contribution in [2.45, 2.75) is 50.2 Å². The number of sulfone groups is 1. The number of ether oxygens (including phenoxy) is 1. The number of piperidine rings is 1. The Labute approximate surface area is 237 Å². The topological polar surface area (TPSA) is 131 Å². The van der Waals surface area contributed by atoms with E-state index in [9.17, 15) is 22.8 Å². The largest absolute Gasteiger partial charge is 0.450 e. The van der Waals surface area contributed by atoms with Crippen LogP contribution < -0.4 is 5.32 Å². The van der Waals surface area contributed by atoms with Gasteiger partial charge in [-0.1, -0.05) is 23.7 Å². The van der Waals surface area contributed by atoms with E-state index in [2.05, 4.69) is 10.3 Å². The summed E-state index contributed by atoms with van der Waals surface area (Å²) in [7, 11) is -3.98. The number of hydrogen-bond donors (Lipinski definition) is 1. The molecule has 0 aliphatic carbocycles.